The number of hydrogen-bond donors (Lipinski definition) is 0. The molecule has 0 aromatic heterocycles. The van der Waals surface area contributed by atoms with Crippen LogP contribution in [0.4, 0.5) is 0 Å². The molecule has 26 heavy (non-hydrogen) atoms. The van der Waals surface area contributed by atoms with Gasteiger partial charge in [0.25, 0.3) is 0 Å². The molecule has 1 heterocycles. The molecular formula is C25H26O. The van der Waals surface area contributed by atoms with Crippen molar-refractivity contribution < 1.29 is 4.74 Å². The average molecular weight is 342 g/mol. The van der Waals surface area contributed by atoms with Crippen LogP contribution in [0.2, 0.25) is 0 Å². The van der Waals surface area contributed by atoms with Crippen molar-refractivity contribution in [2.45, 2.75) is 58.8 Å². The second-order valence-corrected chi connectivity index (χ2v) is 9.09. The molecule has 2 aromatic carbocycles. The first-order chi connectivity index (χ1) is 12.0. The van der Waals surface area contributed by atoms with Gasteiger partial charge in [-0.05, 0) is 34.1 Å². The summed E-state index contributed by atoms with van der Waals surface area (Å²) >= 11 is 0. The summed E-state index contributed by atoms with van der Waals surface area (Å²) in [4.78, 5) is 0. The quantitative estimate of drug-likeness (QED) is 0.459. The van der Waals surface area contributed by atoms with Crippen LogP contribution in [0, 0.1) is 24.7 Å². The minimum Gasteiger partial charge on any atom is -0.454 e. The zero-order valence-corrected chi connectivity index (χ0v) is 16.6. The summed E-state index contributed by atoms with van der Waals surface area (Å²) in [5, 5.41) is 0. The lowest BCUT2D eigenvalue weighted by molar-refractivity contribution is 0.454. The molecule has 0 N–H and O–H groups in total. The average Bonchev–Trinajstić information content (AvgIpc) is 2.56. The SMILES string of the molecule is C#Cc1cc(C(C)(C)C)cc2c1Oc1c(C#C)cc(C(C)(C)C)cc1C2. The molecule has 0 radical (unpaired) electrons. The Morgan fingerprint density at radius 1 is 0.731 bits per heavy atom. The van der Waals surface area contributed by atoms with E-state index in [1.807, 2.05) is 0 Å². The molecule has 0 amide bonds. The van der Waals surface area contributed by atoms with Crippen LogP contribution in [0.25, 0.3) is 0 Å². The molecule has 0 saturated heterocycles. The topological polar surface area (TPSA) is 9.23 Å². The van der Waals surface area contributed by atoms with Crippen molar-refractivity contribution in [2.24, 2.45) is 0 Å². The van der Waals surface area contributed by atoms with E-state index < -0.39 is 0 Å². The first kappa shape index (κ1) is 18.2. The summed E-state index contributed by atoms with van der Waals surface area (Å²) in [6, 6.07) is 8.56. The van der Waals surface area contributed by atoms with E-state index in [2.05, 4.69) is 77.6 Å². The van der Waals surface area contributed by atoms with Crippen molar-refractivity contribution in [3.8, 4) is 36.2 Å². The molecule has 2 aromatic rings. The third-order valence-electron chi connectivity index (χ3n) is 4.96. The van der Waals surface area contributed by atoms with E-state index in [-0.39, 0.29) is 10.8 Å². The fourth-order valence-corrected chi connectivity index (χ4v) is 3.27. The molecule has 0 fully saturated rings. The lowest BCUT2D eigenvalue weighted by Gasteiger charge is -2.28. The van der Waals surface area contributed by atoms with Crippen LogP contribution >= 0.6 is 0 Å². The van der Waals surface area contributed by atoms with Gasteiger partial charge < -0.3 is 4.74 Å². The smallest absolute Gasteiger partial charge is 0.146 e. The maximum absolute atomic E-state index is 6.27. The van der Waals surface area contributed by atoms with Crippen molar-refractivity contribution >= 4 is 0 Å². The maximum atomic E-state index is 6.27. The highest BCUT2D eigenvalue weighted by atomic mass is 16.5. The van der Waals surface area contributed by atoms with E-state index in [9.17, 15) is 0 Å². The Labute approximate surface area is 157 Å². The number of benzene rings is 2. The molecule has 132 valence electrons. The number of ether oxygens (including phenoxy) is 1. The third-order valence-corrected chi connectivity index (χ3v) is 4.96. The number of fused-ring (bicyclic) bond motifs is 2. The standard InChI is InChI=1S/C25H26O/c1-9-16-12-20(24(3,4)5)14-18-11-19-15-21(25(6,7)8)13-17(10-2)23(19)26-22(16)18/h1-2,12-15H,11H2,3-8H3. The first-order valence-corrected chi connectivity index (χ1v) is 9.00. The van der Waals surface area contributed by atoms with Crippen LogP contribution in [0.5, 0.6) is 11.5 Å². The molecule has 0 spiro atoms. The van der Waals surface area contributed by atoms with Crippen LogP contribution in [-0.2, 0) is 17.3 Å². The maximum Gasteiger partial charge on any atom is 0.146 e. The van der Waals surface area contributed by atoms with Gasteiger partial charge in [0.15, 0.2) is 0 Å². The predicted molar refractivity (Wildman–Crippen MR) is 109 cm³/mol. The Hall–Kier alpha value is -2.64. The summed E-state index contributed by atoms with van der Waals surface area (Å²) in [6.45, 7) is 13.2. The van der Waals surface area contributed by atoms with Gasteiger partial charge >= 0.3 is 0 Å². The van der Waals surface area contributed by atoms with Crippen LogP contribution in [0.15, 0.2) is 24.3 Å². The Morgan fingerprint density at radius 3 is 1.42 bits per heavy atom. The third kappa shape index (κ3) is 3.11. The minimum absolute atomic E-state index is 0.0259. The second-order valence-electron chi connectivity index (χ2n) is 9.09. The zero-order valence-electron chi connectivity index (χ0n) is 16.6. The number of hydrogen-bond acceptors (Lipinski definition) is 1. The van der Waals surface area contributed by atoms with Gasteiger partial charge in [-0.15, -0.1) is 12.8 Å². The van der Waals surface area contributed by atoms with E-state index >= 15 is 0 Å². The van der Waals surface area contributed by atoms with Gasteiger partial charge in [-0.25, -0.2) is 0 Å². The molecular weight excluding hydrogens is 316 g/mol. The summed E-state index contributed by atoms with van der Waals surface area (Å²) in [5.41, 5.74) is 6.34. The van der Waals surface area contributed by atoms with E-state index in [0.29, 0.717) is 0 Å². The van der Waals surface area contributed by atoms with Crippen molar-refractivity contribution in [1.82, 2.24) is 0 Å². The molecule has 3 rings (SSSR count). The van der Waals surface area contributed by atoms with Crippen molar-refractivity contribution in [2.75, 3.05) is 0 Å². The van der Waals surface area contributed by atoms with Gasteiger partial charge in [-0.2, -0.15) is 0 Å². The zero-order chi connectivity index (χ0) is 19.3. The molecule has 0 atom stereocenters. The van der Waals surface area contributed by atoms with E-state index in [1.165, 1.54) is 11.1 Å². The Balaban J connectivity index is 2.20. The van der Waals surface area contributed by atoms with Crippen LogP contribution in [0.3, 0.4) is 0 Å². The largest absolute Gasteiger partial charge is 0.454 e. The molecule has 0 unspecified atom stereocenters. The Bertz CT molecular complexity index is 884. The molecule has 0 saturated carbocycles. The van der Waals surface area contributed by atoms with Crippen molar-refractivity contribution in [1.29, 1.82) is 0 Å². The molecule has 1 aliphatic heterocycles. The lowest BCUT2D eigenvalue weighted by Crippen LogP contribution is -2.16. The molecule has 1 heteroatoms. The molecule has 0 bridgehead atoms. The van der Waals surface area contributed by atoms with Gasteiger partial charge in [-0.1, -0.05) is 65.5 Å². The lowest BCUT2D eigenvalue weighted by atomic mass is 9.81. The normalized spacial score (nSPS) is 13.1. The van der Waals surface area contributed by atoms with Gasteiger partial charge in [0.05, 0.1) is 11.1 Å². The number of rotatable bonds is 0. The van der Waals surface area contributed by atoms with Crippen LogP contribution < -0.4 is 4.74 Å². The summed E-state index contributed by atoms with van der Waals surface area (Å²) in [5.74, 6) is 7.13. The molecule has 1 nitrogen and oxygen atoms in total. The first-order valence-electron chi connectivity index (χ1n) is 9.00. The van der Waals surface area contributed by atoms with Crippen molar-refractivity contribution in [3.63, 3.8) is 0 Å². The van der Waals surface area contributed by atoms with Gasteiger partial charge in [0.1, 0.15) is 11.5 Å². The molecule has 1 aliphatic rings. The van der Waals surface area contributed by atoms with Gasteiger partial charge in [0.2, 0.25) is 0 Å². The monoisotopic (exact) mass is 342 g/mol. The van der Waals surface area contributed by atoms with Gasteiger partial charge in [0, 0.05) is 17.5 Å². The predicted octanol–water partition coefficient (Wildman–Crippen LogP) is 5.94. The molecule has 0 aliphatic carbocycles. The Morgan fingerprint density at radius 2 is 1.12 bits per heavy atom. The summed E-state index contributed by atoms with van der Waals surface area (Å²) in [6.07, 6.45) is 12.4. The number of terminal acetylenes is 2. The van der Waals surface area contributed by atoms with E-state index in [4.69, 9.17) is 17.6 Å². The summed E-state index contributed by atoms with van der Waals surface area (Å²) in [7, 11) is 0. The van der Waals surface area contributed by atoms with Crippen molar-refractivity contribution in [3.05, 3.63) is 57.6 Å². The van der Waals surface area contributed by atoms with Crippen LogP contribution in [0.1, 0.15) is 74.9 Å². The Kier molecular flexibility index (Phi) is 4.17. The fourth-order valence-electron chi connectivity index (χ4n) is 3.27. The second kappa shape index (κ2) is 5.96. The van der Waals surface area contributed by atoms with E-state index in [0.717, 1.165) is 40.2 Å². The highest BCUT2D eigenvalue weighted by Gasteiger charge is 2.27. The summed E-state index contributed by atoms with van der Waals surface area (Å²) < 4.78 is 6.27. The fraction of sp³-hybridized carbons (Fsp3) is 0.360. The highest BCUT2D eigenvalue weighted by Crippen LogP contribution is 2.44. The minimum atomic E-state index is 0.0259. The van der Waals surface area contributed by atoms with E-state index in [1.54, 1.807) is 0 Å². The highest BCUT2D eigenvalue weighted by molar-refractivity contribution is 5.64. The van der Waals surface area contributed by atoms with Crippen LogP contribution in [-0.4, -0.2) is 0 Å². The van der Waals surface area contributed by atoms with Gasteiger partial charge in [-0.3, -0.25) is 0 Å².